The lowest BCUT2D eigenvalue weighted by Gasteiger charge is -2.32. The minimum atomic E-state index is -0.530. The van der Waals surface area contributed by atoms with Crippen LogP contribution in [0.3, 0.4) is 0 Å². The summed E-state index contributed by atoms with van der Waals surface area (Å²) < 4.78 is 19.5. The molecule has 0 spiro atoms. The first-order valence-electron chi connectivity index (χ1n) is 11.7. The molecule has 0 unspecified atom stereocenters. The monoisotopic (exact) mass is 497 g/mol. The van der Waals surface area contributed by atoms with Crippen molar-refractivity contribution in [1.82, 2.24) is 25.1 Å². The number of rotatable bonds is 6. The van der Waals surface area contributed by atoms with Crippen molar-refractivity contribution in [3.8, 4) is 0 Å². The molecule has 1 amide bonds. The van der Waals surface area contributed by atoms with Gasteiger partial charge < -0.3 is 19.9 Å². The number of halogens is 1. The van der Waals surface area contributed by atoms with Crippen molar-refractivity contribution in [3.05, 3.63) is 53.7 Å². The van der Waals surface area contributed by atoms with Gasteiger partial charge in [0.05, 0.1) is 24.5 Å². The summed E-state index contributed by atoms with van der Waals surface area (Å²) in [6.07, 6.45) is 4.27. The van der Waals surface area contributed by atoms with Gasteiger partial charge in [0.1, 0.15) is 22.5 Å². The van der Waals surface area contributed by atoms with E-state index in [1.807, 2.05) is 13.0 Å². The SMILES string of the molecule is Cc1cc(Nc2cc(N3CCOCC3)cc(SC3CCN(C(=O)c4cnccc4F)CC3)n2)[nH]n1. The highest BCUT2D eigenvalue weighted by Crippen LogP contribution is 2.34. The maximum Gasteiger partial charge on any atom is 0.258 e. The fraction of sp³-hybridized carbons (Fsp3) is 0.417. The molecule has 0 aliphatic carbocycles. The van der Waals surface area contributed by atoms with E-state index in [0.717, 1.165) is 54.0 Å². The van der Waals surface area contributed by atoms with Crippen LogP contribution in [-0.2, 0) is 4.74 Å². The molecule has 5 heterocycles. The molecular weight excluding hydrogens is 469 g/mol. The molecule has 35 heavy (non-hydrogen) atoms. The van der Waals surface area contributed by atoms with E-state index in [9.17, 15) is 9.18 Å². The predicted octanol–water partition coefficient (Wildman–Crippen LogP) is 3.62. The molecule has 0 aromatic carbocycles. The number of carbonyl (C=O) groups excluding carboxylic acids is 1. The van der Waals surface area contributed by atoms with E-state index in [-0.39, 0.29) is 11.5 Å². The van der Waals surface area contributed by atoms with E-state index in [0.29, 0.717) is 31.6 Å². The second-order valence-corrected chi connectivity index (χ2v) is 9.98. The third kappa shape index (κ3) is 5.73. The van der Waals surface area contributed by atoms with E-state index < -0.39 is 5.82 Å². The molecule has 9 nitrogen and oxygen atoms in total. The Kier molecular flexibility index (Phi) is 7.14. The molecule has 0 radical (unpaired) electrons. The van der Waals surface area contributed by atoms with Gasteiger partial charge in [-0.05, 0) is 31.9 Å². The number of amides is 1. The average molecular weight is 498 g/mol. The first kappa shape index (κ1) is 23.6. The molecule has 2 aliphatic heterocycles. The Morgan fingerprint density at radius 2 is 2.00 bits per heavy atom. The number of thioether (sulfide) groups is 1. The fourth-order valence-electron chi connectivity index (χ4n) is 4.30. The molecule has 2 aliphatic rings. The average Bonchev–Trinajstić information content (AvgIpc) is 3.29. The molecule has 2 fully saturated rings. The predicted molar refractivity (Wildman–Crippen MR) is 133 cm³/mol. The number of hydrogen-bond acceptors (Lipinski definition) is 8. The molecule has 3 aromatic rings. The number of carbonyl (C=O) groups is 1. The lowest BCUT2D eigenvalue weighted by Crippen LogP contribution is -2.39. The topological polar surface area (TPSA) is 99.3 Å². The Bertz CT molecular complexity index is 1180. The van der Waals surface area contributed by atoms with E-state index in [4.69, 9.17) is 9.72 Å². The van der Waals surface area contributed by atoms with Gasteiger partial charge in [0.25, 0.3) is 5.91 Å². The second-order valence-electron chi connectivity index (χ2n) is 8.66. The number of nitrogens with zero attached hydrogens (tertiary/aromatic N) is 5. The maximum absolute atomic E-state index is 14.0. The molecule has 2 saturated heterocycles. The van der Waals surface area contributed by atoms with Gasteiger partial charge in [0.15, 0.2) is 0 Å². The Labute approximate surface area is 207 Å². The molecule has 11 heteroatoms. The van der Waals surface area contributed by atoms with Crippen molar-refractivity contribution < 1.29 is 13.9 Å². The summed E-state index contributed by atoms with van der Waals surface area (Å²) in [7, 11) is 0. The molecule has 0 atom stereocenters. The lowest BCUT2D eigenvalue weighted by molar-refractivity contribution is 0.0722. The van der Waals surface area contributed by atoms with Gasteiger partial charge in [0, 0.05) is 61.6 Å². The van der Waals surface area contributed by atoms with E-state index in [1.54, 1.807) is 16.7 Å². The Morgan fingerprint density at radius 1 is 1.20 bits per heavy atom. The van der Waals surface area contributed by atoms with Gasteiger partial charge in [-0.3, -0.25) is 14.9 Å². The molecule has 0 bridgehead atoms. The minimum absolute atomic E-state index is 0.0308. The first-order chi connectivity index (χ1) is 17.0. The van der Waals surface area contributed by atoms with Gasteiger partial charge in [-0.2, -0.15) is 5.10 Å². The number of morpholine rings is 1. The number of nitrogens with one attached hydrogen (secondary N) is 2. The van der Waals surface area contributed by atoms with Crippen LogP contribution in [0.1, 0.15) is 28.9 Å². The number of likely N-dealkylation sites (tertiary alicyclic amines) is 1. The number of aromatic nitrogens is 4. The van der Waals surface area contributed by atoms with Crippen LogP contribution in [0.2, 0.25) is 0 Å². The summed E-state index contributed by atoms with van der Waals surface area (Å²) in [6.45, 7) is 6.16. The van der Waals surface area contributed by atoms with Crippen molar-refractivity contribution in [3.63, 3.8) is 0 Å². The smallest absolute Gasteiger partial charge is 0.258 e. The zero-order valence-electron chi connectivity index (χ0n) is 19.5. The minimum Gasteiger partial charge on any atom is -0.378 e. The van der Waals surface area contributed by atoms with Crippen LogP contribution in [0, 0.1) is 12.7 Å². The summed E-state index contributed by atoms with van der Waals surface area (Å²) in [4.78, 5) is 25.5. The van der Waals surface area contributed by atoms with Gasteiger partial charge in [-0.15, -0.1) is 11.8 Å². The van der Waals surface area contributed by atoms with Gasteiger partial charge in [0.2, 0.25) is 0 Å². The maximum atomic E-state index is 14.0. The van der Waals surface area contributed by atoms with Gasteiger partial charge >= 0.3 is 0 Å². The van der Waals surface area contributed by atoms with Crippen LogP contribution >= 0.6 is 11.8 Å². The summed E-state index contributed by atoms with van der Waals surface area (Å²) >= 11 is 1.73. The van der Waals surface area contributed by atoms with E-state index in [2.05, 4.69) is 37.5 Å². The van der Waals surface area contributed by atoms with E-state index >= 15 is 0 Å². The number of aromatic amines is 1. The van der Waals surface area contributed by atoms with Crippen molar-refractivity contribution in [2.75, 3.05) is 49.6 Å². The summed E-state index contributed by atoms with van der Waals surface area (Å²) in [5.74, 6) is 0.713. The number of aryl methyl sites for hydroxylation is 1. The standard InChI is InChI=1S/C24H28FN7O2S/c1-16-12-22(30-29-16)27-21-13-17(31-8-10-34-11-9-31)14-23(28-21)35-18-3-6-32(7-4-18)24(33)19-15-26-5-2-20(19)25/h2,5,12-15,18H,3-4,6-11H2,1H3,(H2,27,28,29,30). The van der Waals surface area contributed by atoms with E-state index in [1.165, 1.54) is 18.5 Å². The number of pyridine rings is 2. The molecular formula is C24H28FN7O2S. The molecule has 5 rings (SSSR count). The number of anilines is 3. The number of hydrogen-bond donors (Lipinski definition) is 2. The summed E-state index contributed by atoms with van der Waals surface area (Å²) in [5, 5.41) is 11.7. The highest BCUT2D eigenvalue weighted by atomic mass is 32.2. The van der Waals surface area contributed by atoms with Crippen LogP contribution in [0.15, 0.2) is 41.7 Å². The third-order valence-electron chi connectivity index (χ3n) is 6.15. The molecule has 184 valence electrons. The summed E-state index contributed by atoms with van der Waals surface area (Å²) in [6, 6.07) is 7.34. The van der Waals surface area contributed by atoms with Crippen molar-refractivity contribution in [2.24, 2.45) is 0 Å². The first-order valence-corrected chi connectivity index (χ1v) is 12.6. The zero-order chi connectivity index (χ0) is 24.2. The fourth-order valence-corrected chi connectivity index (χ4v) is 5.42. The number of ether oxygens (including phenoxy) is 1. The van der Waals surface area contributed by atoms with Crippen molar-refractivity contribution in [1.29, 1.82) is 0 Å². The van der Waals surface area contributed by atoms with Gasteiger partial charge in [-0.1, -0.05) is 0 Å². The lowest BCUT2D eigenvalue weighted by atomic mass is 10.1. The van der Waals surface area contributed by atoms with Crippen LogP contribution in [0.25, 0.3) is 0 Å². The van der Waals surface area contributed by atoms with Crippen molar-refractivity contribution in [2.45, 2.75) is 30.0 Å². The third-order valence-corrected chi connectivity index (χ3v) is 7.40. The van der Waals surface area contributed by atoms with Crippen LogP contribution in [0.4, 0.5) is 21.7 Å². The Morgan fingerprint density at radius 3 is 2.71 bits per heavy atom. The number of H-pyrrole nitrogens is 1. The highest BCUT2D eigenvalue weighted by molar-refractivity contribution is 7.99. The van der Waals surface area contributed by atoms with Crippen LogP contribution in [0.5, 0.6) is 0 Å². The molecule has 3 aromatic heterocycles. The van der Waals surface area contributed by atoms with Crippen LogP contribution in [-0.4, -0.2) is 75.6 Å². The highest BCUT2D eigenvalue weighted by Gasteiger charge is 2.26. The summed E-state index contributed by atoms with van der Waals surface area (Å²) in [5.41, 5.74) is 2.03. The Hall–Kier alpha value is -3.18. The van der Waals surface area contributed by atoms with Gasteiger partial charge in [-0.25, -0.2) is 9.37 Å². The molecule has 2 N–H and O–H groups in total. The Balaban J connectivity index is 1.28. The van der Waals surface area contributed by atoms with Crippen LogP contribution < -0.4 is 10.2 Å². The normalized spacial score (nSPS) is 17.0. The van der Waals surface area contributed by atoms with Crippen molar-refractivity contribution >= 4 is 35.0 Å². The second kappa shape index (κ2) is 10.6. The quantitative estimate of drug-likeness (QED) is 0.533. The largest absolute Gasteiger partial charge is 0.378 e. The number of piperidine rings is 1. The molecule has 0 saturated carbocycles. The zero-order valence-corrected chi connectivity index (χ0v) is 20.4.